The number of aliphatic hydroxyl groups excluding tert-OH is 1. The molecule has 3 rings (SSSR count). The molecule has 1 unspecified atom stereocenters. The molecule has 4 N–H and O–H groups in total. The van der Waals surface area contributed by atoms with E-state index >= 15 is 0 Å². The minimum atomic E-state index is -0.395. The van der Waals surface area contributed by atoms with Gasteiger partial charge in [0.05, 0.1) is 6.61 Å². The molecule has 4 nitrogen and oxygen atoms in total. The number of aryl methyl sites for hydroxylation is 1. The smallest absolute Gasteiger partial charge is 0.220 e. The maximum Gasteiger partial charge on any atom is 0.220 e. The number of carbonyl (C=O) groups excluding carboxylic acids is 1. The Bertz CT molecular complexity index is 631. The summed E-state index contributed by atoms with van der Waals surface area (Å²) in [5.41, 5.74) is 10.0. The van der Waals surface area contributed by atoms with E-state index in [0.29, 0.717) is 12.3 Å². The highest BCUT2D eigenvalue weighted by molar-refractivity contribution is 5.76. The highest BCUT2D eigenvalue weighted by Crippen LogP contribution is 2.40. The van der Waals surface area contributed by atoms with Gasteiger partial charge in [0, 0.05) is 18.0 Å². The zero-order valence-corrected chi connectivity index (χ0v) is 16.1. The average molecular weight is 359 g/mol. The number of benzene rings is 1. The largest absolute Gasteiger partial charge is 0.394 e. The topological polar surface area (TPSA) is 75.4 Å². The van der Waals surface area contributed by atoms with Crippen LogP contribution in [0.3, 0.4) is 0 Å². The van der Waals surface area contributed by atoms with E-state index in [-0.39, 0.29) is 18.6 Å². The first-order valence-electron chi connectivity index (χ1n) is 10.3. The van der Waals surface area contributed by atoms with Gasteiger partial charge in [-0.2, -0.15) is 0 Å². The van der Waals surface area contributed by atoms with Crippen molar-refractivity contribution in [1.29, 1.82) is 0 Å². The van der Waals surface area contributed by atoms with Gasteiger partial charge in [-0.05, 0) is 67.6 Å². The number of nitrogens with one attached hydrogen (secondary N) is 1. The van der Waals surface area contributed by atoms with E-state index in [9.17, 15) is 9.90 Å². The third-order valence-corrected chi connectivity index (χ3v) is 6.26. The fourth-order valence-corrected chi connectivity index (χ4v) is 4.57. The van der Waals surface area contributed by atoms with Gasteiger partial charge in [0.2, 0.25) is 5.91 Å². The van der Waals surface area contributed by atoms with Gasteiger partial charge in [0.1, 0.15) is 0 Å². The van der Waals surface area contributed by atoms with E-state index < -0.39 is 5.54 Å². The van der Waals surface area contributed by atoms with Crippen molar-refractivity contribution in [3.05, 3.63) is 34.9 Å². The van der Waals surface area contributed by atoms with Crippen LogP contribution in [0.2, 0.25) is 0 Å². The Morgan fingerprint density at radius 2 is 2.15 bits per heavy atom. The zero-order chi connectivity index (χ0) is 18.6. The molecule has 1 aromatic rings. The predicted molar refractivity (Wildman–Crippen MR) is 105 cm³/mol. The second kappa shape index (κ2) is 8.53. The van der Waals surface area contributed by atoms with Gasteiger partial charge in [-0.1, -0.05) is 38.0 Å². The van der Waals surface area contributed by atoms with Crippen molar-refractivity contribution < 1.29 is 9.90 Å². The van der Waals surface area contributed by atoms with Crippen LogP contribution >= 0.6 is 0 Å². The van der Waals surface area contributed by atoms with Crippen molar-refractivity contribution in [3.8, 4) is 0 Å². The summed E-state index contributed by atoms with van der Waals surface area (Å²) < 4.78 is 0. The molecule has 0 saturated heterocycles. The summed E-state index contributed by atoms with van der Waals surface area (Å²) in [6, 6.07) is 7.11. The summed E-state index contributed by atoms with van der Waals surface area (Å²) >= 11 is 0. The van der Waals surface area contributed by atoms with Crippen LogP contribution in [0.15, 0.2) is 18.2 Å². The van der Waals surface area contributed by atoms with Crippen molar-refractivity contribution in [3.63, 3.8) is 0 Å². The first-order chi connectivity index (χ1) is 12.5. The Labute approximate surface area is 157 Å². The molecule has 0 heterocycles. The van der Waals surface area contributed by atoms with Crippen LogP contribution in [0, 0.1) is 0 Å². The molecule has 2 aliphatic rings. The van der Waals surface area contributed by atoms with Crippen LogP contribution in [0.1, 0.15) is 80.9 Å². The summed E-state index contributed by atoms with van der Waals surface area (Å²) in [7, 11) is 0. The maximum atomic E-state index is 12.1. The fourth-order valence-electron chi connectivity index (χ4n) is 4.57. The number of hydrogen-bond donors (Lipinski definition) is 3. The Balaban J connectivity index is 1.57. The van der Waals surface area contributed by atoms with Gasteiger partial charge in [-0.3, -0.25) is 4.79 Å². The van der Waals surface area contributed by atoms with Gasteiger partial charge >= 0.3 is 0 Å². The molecule has 1 saturated carbocycles. The summed E-state index contributed by atoms with van der Waals surface area (Å²) in [4.78, 5) is 12.1. The van der Waals surface area contributed by atoms with Gasteiger partial charge < -0.3 is 16.2 Å². The lowest BCUT2D eigenvalue weighted by molar-refractivity contribution is -0.122. The molecule has 3 atom stereocenters. The molecule has 0 aliphatic heterocycles. The molecular formula is C22H34N2O2. The highest BCUT2D eigenvalue weighted by Gasteiger charge is 2.36. The summed E-state index contributed by atoms with van der Waals surface area (Å²) in [6.45, 7) is 2.24. The van der Waals surface area contributed by atoms with Crippen LogP contribution in [0.4, 0.5) is 0 Å². The molecule has 2 aliphatic carbocycles. The number of nitrogens with two attached hydrogens (primary N) is 1. The van der Waals surface area contributed by atoms with E-state index in [0.717, 1.165) is 57.8 Å². The van der Waals surface area contributed by atoms with Crippen LogP contribution in [0.25, 0.3) is 0 Å². The quantitative estimate of drug-likeness (QED) is 0.655. The van der Waals surface area contributed by atoms with Crippen LogP contribution < -0.4 is 11.1 Å². The molecule has 4 heteroatoms. The minimum Gasteiger partial charge on any atom is -0.394 e. The Kier molecular flexibility index (Phi) is 6.36. The highest BCUT2D eigenvalue weighted by atomic mass is 16.3. The van der Waals surface area contributed by atoms with Crippen molar-refractivity contribution in [2.75, 3.05) is 6.61 Å². The van der Waals surface area contributed by atoms with E-state index in [1.807, 2.05) is 0 Å². The third-order valence-electron chi connectivity index (χ3n) is 6.26. The van der Waals surface area contributed by atoms with E-state index in [4.69, 9.17) is 5.73 Å². The number of fused-ring (bicyclic) bond motifs is 1. The van der Waals surface area contributed by atoms with Crippen LogP contribution in [0.5, 0.6) is 0 Å². The average Bonchev–Trinajstić information content (AvgIpc) is 3.04. The first-order valence-corrected chi connectivity index (χ1v) is 10.3. The van der Waals surface area contributed by atoms with E-state index in [1.165, 1.54) is 16.7 Å². The Hall–Kier alpha value is -1.39. The molecule has 0 radical (unpaired) electrons. The standard InChI is InChI=1S/C22H34N2O2/c1-2-3-4-5-21(26)24-20-9-8-16-12-17(6-7-18(16)13-20)19-10-11-22(23,14-19)15-25/h6-7,12,19-20,25H,2-5,8-11,13-15,23H2,1H3,(H,24,26)/t19-,20?,22+/m0/s1. The molecule has 0 aromatic heterocycles. The van der Waals surface area contributed by atoms with Crippen molar-refractivity contribution >= 4 is 5.91 Å². The second-order valence-corrected chi connectivity index (χ2v) is 8.45. The SMILES string of the molecule is CCCCCC(=O)NC1CCc2cc([C@H]3CC[C@](N)(CO)C3)ccc2C1. The second-order valence-electron chi connectivity index (χ2n) is 8.45. The number of carbonyl (C=O) groups is 1. The lowest BCUT2D eigenvalue weighted by atomic mass is 9.84. The van der Waals surface area contributed by atoms with E-state index in [1.54, 1.807) is 0 Å². The van der Waals surface area contributed by atoms with Gasteiger partial charge in [0.15, 0.2) is 0 Å². The van der Waals surface area contributed by atoms with Crippen molar-refractivity contribution in [2.45, 2.75) is 88.6 Å². The molecule has 26 heavy (non-hydrogen) atoms. The van der Waals surface area contributed by atoms with Gasteiger partial charge in [-0.15, -0.1) is 0 Å². The Morgan fingerprint density at radius 1 is 1.31 bits per heavy atom. The molecule has 1 amide bonds. The number of unbranched alkanes of at least 4 members (excludes halogenated alkanes) is 2. The molecular weight excluding hydrogens is 324 g/mol. The molecule has 144 valence electrons. The number of hydrogen-bond acceptors (Lipinski definition) is 3. The number of rotatable bonds is 7. The number of amides is 1. The molecule has 1 aromatic carbocycles. The van der Waals surface area contributed by atoms with Crippen LogP contribution in [-0.2, 0) is 17.6 Å². The Morgan fingerprint density at radius 3 is 2.88 bits per heavy atom. The van der Waals surface area contributed by atoms with Crippen molar-refractivity contribution in [1.82, 2.24) is 5.32 Å². The lowest BCUT2D eigenvalue weighted by Gasteiger charge is -2.27. The van der Waals surface area contributed by atoms with E-state index in [2.05, 4.69) is 30.4 Å². The fraction of sp³-hybridized carbons (Fsp3) is 0.682. The minimum absolute atomic E-state index is 0.0775. The summed E-state index contributed by atoms with van der Waals surface area (Å²) in [5.74, 6) is 0.672. The summed E-state index contributed by atoms with van der Waals surface area (Å²) in [5, 5.41) is 12.7. The van der Waals surface area contributed by atoms with Crippen LogP contribution in [-0.4, -0.2) is 29.2 Å². The molecule has 0 spiro atoms. The van der Waals surface area contributed by atoms with Gasteiger partial charge in [0.25, 0.3) is 0 Å². The number of aliphatic hydroxyl groups is 1. The van der Waals surface area contributed by atoms with Crippen molar-refractivity contribution in [2.24, 2.45) is 5.73 Å². The zero-order valence-electron chi connectivity index (χ0n) is 16.1. The predicted octanol–water partition coefficient (Wildman–Crippen LogP) is 3.20. The summed E-state index contributed by atoms with van der Waals surface area (Å²) in [6.07, 6.45) is 9.76. The normalized spacial score (nSPS) is 28.0. The first kappa shape index (κ1) is 19.4. The third kappa shape index (κ3) is 4.66. The molecule has 1 fully saturated rings. The maximum absolute atomic E-state index is 12.1. The van der Waals surface area contributed by atoms with Gasteiger partial charge in [-0.25, -0.2) is 0 Å². The lowest BCUT2D eigenvalue weighted by Crippen LogP contribution is -2.40. The molecule has 0 bridgehead atoms. The monoisotopic (exact) mass is 358 g/mol.